The van der Waals surface area contributed by atoms with E-state index in [9.17, 15) is 39.3 Å². The number of carbonyl (C=O) groups excluding carboxylic acids is 5. The van der Waals surface area contributed by atoms with Crippen molar-refractivity contribution in [3.63, 3.8) is 0 Å². The van der Waals surface area contributed by atoms with Crippen LogP contribution in [-0.2, 0) is 47.7 Å². The van der Waals surface area contributed by atoms with Gasteiger partial charge in [0.1, 0.15) is 36.5 Å². The van der Waals surface area contributed by atoms with Crippen LogP contribution in [0.5, 0.6) is 0 Å². The lowest BCUT2D eigenvalue weighted by atomic mass is 9.77. The Morgan fingerprint density at radius 3 is 2.30 bits per heavy atom. The molecule has 0 spiro atoms. The van der Waals surface area contributed by atoms with Crippen molar-refractivity contribution >= 4 is 29.2 Å². The molecule has 3 fully saturated rings. The first kappa shape index (κ1) is 56.9. The van der Waals surface area contributed by atoms with Crippen molar-refractivity contribution in [2.75, 3.05) is 27.9 Å². The molecule has 3 N–H and O–H groups in total. The summed E-state index contributed by atoms with van der Waals surface area (Å²) in [6.45, 7) is 12.6. The number of tetrazole rings is 1. The molecule has 4 aliphatic rings. The van der Waals surface area contributed by atoms with Gasteiger partial charge in [0.2, 0.25) is 5.79 Å². The maximum atomic E-state index is 14.5. The van der Waals surface area contributed by atoms with Crippen LogP contribution in [0.3, 0.4) is 0 Å². The fourth-order valence-corrected chi connectivity index (χ4v) is 11.0. The summed E-state index contributed by atoms with van der Waals surface area (Å²) in [5.74, 6) is -8.27. The van der Waals surface area contributed by atoms with E-state index in [0.717, 1.165) is 12.8 Å². The minimum Gasteiger partial charge on any atom is -0.460 e. The van der Waals surface area contributed by atoms with Crippen LogP contribution in [0.25, 0.3) is 0 Å². The molecule has 0 radical (unpaired) electrons. The van der Waals surface area contributed by atoms with Gasteiger partial charge < -0.3 is 43.9 Å². The second-order valence-electron chi connectivity index (χ2n) is 20.8. The molecule has 2 saturated heterocycles. The summed E-state index contributed by atoms with van der Waals surface area (Å²) >= 11 is 0. The predicted octanol–water partition coefficient (Wildman–Crippen LogP) is 5.24. The minimum absolute atomic E-state index is 0.0547. The number of carbonyl (C=O) groups is 5. The molecule has 70 heavy (non-hydrogen) atoms. The Hall–Kier alpha value is -4.04. The SMILES string of the molecule is CO[C@H]1C[C@@H]2CC[C@@H](C)[C@@](O)(O2)C(=O)C(=O)N2CCCC[C@H]2C(=O)O[C@H]([C@H](C)C[C@@H]2CCC(n3cnnn3)[C@H](OC)C2)CC(=O)[C@H](C)/C=C(\C)[C@@H](O)[C@@H](OC)C(=O)[C@H](C)C[C@H](C)/C=C/CC(O)/C=C/1C. The zero-order chi connectivity index (χ0) is 51.4. The molecule has 0 aromatic carbocycles. The van der Waals surface area contributed by atoms with Gasteiger partial charge in [0, 0.05) is 58.5 Å². The number of Topliss-reactive ketones (excluding diaryl/α,β-unsaturated/α-hetero) is 3. The summed E-state index contributed by atoms with van der Waals surface area (Å²) in [6, 6.07) is -1.22. The van der Waals surface area contributed by atoms with Gasteiger partial charge in [0.05, 0.1) is 30.5 Å². The van der Waals surface area contributed by atoms with E-state index in [0.29, 0.717) is 62.5 Å². The molecule has 3 aliphatic heterocycles. The Bertz CT molecular complexity index is 2010. The largest absolute Gasteiger partial charge is 0.460 e. The van der Waals surface area contributed by atoms with Crippen LogP contribution in [0.4, 0.5) is 0 Å². The smallest absolute Gasteiger partial charge is 0.329 e. The number of amides is 1. The number of hydrogen-bond acceptors (Lipinski definition) is 16. The first-order valence-corrected chi connectivity index (χ1v) is 25.4. The maximum absolute atomic E-state index is 14.5. The minimum atomic E-state index is -2.47. The molecule has 1 aromatic rings. The number of hydrogen-bond donors (Lipinski definition) is 3. The van der Waals surface area contributed by atoms with Crippen molar-refractivity contribution < 1.29 is 63.0 Å². The molecular formula is C52H81N5O13. The Labute approximate surface area is 413 Å². The predicted molar refractivity (Wildman–Crippen MR) is 257 cm³/mol. The third kappa shape index (κ3) is 14.3. The van der Waals surface area contributed by atoms with Gasteiger partial charge in [0.25, 0.3) is 11.7 Å². The highest BCUT2D eigenvalue weighted by Crippen LogP contribution is 2.39. The van der Waals surface area contributed by atoms with Crippen LogP contribution in [0.2, 0.25) is 0 Å². The number of ether oxygens (including phenoxy) is 5. The lowest BCUT2D eigenvalue weighted by molar-refractivity contribution is -0.265. The quantitative estimate of drug-likeness (QED) is 0.180. The van der Waals surface area contributed by atoms with E-state index in [2.05, 4.69) is 15.5 Å². The molecule has 1 amide bonds. The Morgan fingerprint density at radius 2 is 1.63 bits per heavy atom. The van der Waals surface area contributed by atoms with Crippen LogP contribution in [0, 0.1) is 35.5 Å². The number of fused-ring (bicyclic) bond motifs is 3. The van der Waals surface area contributed by atoms with Crippen LogP contribution < -0.4 is 0 Å². The number of allylic oxidation sites excluding steroid dienone is 2. The highest BCUT2D eigenvalue weighted by molar-refractivity contribution is 6.39. The van der Waals surface area contributed by atoms with Crippen LogP contribution in [-0.4, -0.2) is 152 Å². The van der Waals surface area contributed by atoms with E-state index in [-0.39, 0.29) is 67.3 Å². The molecule has 18 heteroatoms. The van der Waals surface area contributed by atoms with Gasteiger partial charge in [-0.1, -0.05) is 58.9 Å². The molecule has 16 atom stereocenters. The lowest BCUT2D eigenvalue weighted by Gasteiger charge is -2.42. The van der Waals surface area contributed by atoms with Gasteiger partial charge in [0.15, 0.2) is 5.78 Å². The average molecular weight is 984 g/mol. The molecule has 4 heterocycles. The van der Waals surface area contributed by atoms with Gasteiger partial charge >= 0.3 is 5.97 Å². The number of aliphatic hydroxyl groups is 3. The lowest BCUT2D eigenvalue weighted by Crippen LogP contribution is -2.61. The van der Waals surface area contributed by atoms with Crippen molar-refractivity contribution in [2.24, 2.45) is 35.5 Å². The van der Waals surface area contributed by atoms with E-state index in [1.807, 2.05) is 32.9 Å². The van der Waals surface area contributed by atoms with Gasteiger partial charge in [-0.2, -0.15) is 0 Å². The number of aromatic nitrogens is 4. The third-order valence-electron chi connectivity index (χ3n) is 15.5. The molecule has 2 unspecified atom stereocenters. The fraction of sp³-hybridized carbons (Fsp3) is 0.769. The van der Waals surface area contributed by atoms with Crippen molar-refractivity contribution in [1.29, 1.82) is 0 Å². The van der Waals surface area contributed by atoms with Crippen LogP contribution in [0.15, 0.2) is 41.8 Å². The number of piperidine rings is 1. The summed E-state index contributed by atoms with van der Waals surface area (Å²) < 4.78 is 31.5. The molecule has 1 saturated carbocycles. The molecule has 2 bridgehead atoms. The number of aliphatic hydroxyl groups excluding tert-OH is 2. The monoisotopic (exact) mass is 984 g/mol. The van der Waals surface area contributed by atoms with Gasteiger partial charge in [-0.3, -0.25) is 19.2 Å². The van der Waals surface area contributed by atoms with Crippen molar-refractivity contribution in [2.45, 2.75) is 193 Å². The molecular weight excluding hydrogens is 903 g/mol. The summed E-state index contributed by atoms with van der Waals surface area (Å²) in [4.78, 5) is 72.4. The number of methoxy groups -OCH3 is 3. The average Bonchev–Trinajstić information content (AvgIpc) is 3.88. The molecule has 5 rings (SSSR count). The summed E-state index contributed by atoms with van der Waals surface area (Å²) in [7, 11) is 4.54. The van der Waals surface area contributed by atoms with Gasteiger partial charge in [-0.25, -0.2) is 9.48 Å². The van der Waals surface area contributed by atoms with E-state index in [4.69, 9.17) is 23.7 Å². The molecule has 1 aromatic heterocycles. The standard InChI is InChI=1S/C52H81N5O13/c1-30-14-13-15-38(58)25-33(4)43(66-8)27-39-19-17-36(7)52(65,70-39)49(62)50(63)56-21-12-11-16-41(56)51(64)69-44(32(3)24-37-18-20-40(45(26-37)67-9)57-29-53-54-55-57)28-42(59)31(2)23-35(6)47(61)48(68-10)46(60)34(5)22-30/h13-14,23,25,29-32,34,36-41,43-45,47-48,58,61,65H,11-12,15-22,24,26-28H2,1-10H3/b14-13+,33-25+,35-23+/t30-,31-,32-,34-,36-,37+,38?,39+,40?,41+,43+,44+,45-,47-,48+,52-/m1/s1. The second-order valence-corrected chi connectivity index (χ2v) is 20.8. The number of rotatable bonds is 7. The number of ketones is 3. The topological polar surface area (TPSA) is 239 Å². The Morgan fingerprint density at radius 1 is 0.886 bits per heavy atom. The maximum Gasteiger partial charge on any atom is 0.329 e. The van der Waals surface area contributed by atoms with Gasteiger partial charge in [-0.05, 0) is 124 Å². The highest BCUT2D eigenvalue weighted by atomic mass is 16.6. The van der Waals surface area contributed by atoms with E-state index >= 15 is 0 Å². The first-order valence-electron chi connectivity index (χ1n) is 25.4. The molecule has 392 valence electrons. The molecule has 18 nitrogen and oxygen atoms in total. The Kier molecular flexibility index (Phi) is 21.2. The number of cyclic esters (lactones) is 1. The van der Waals surface area contributed by atoms with Gasteiger partial charge in [-0.15, -0.1) is 5.10 Å². The Balaban J connectivity index is 1.46. The zero-order valence-electron chi connectivity index (χ0n) is 43.1. The van der Waals surface area contributed by atoms with E-state index in [1.54, 1.807) is 58.0 Å². The highest BCUT2D eigenvalue weighted by Gasteiger charge is 2.53. The third-order valence-corrected chi connectivity index (χ3v) is 15.5. The molecule has 1 aliphatic carbocycles. The van der Waals surface area contributed by atoms with Crippen molar-refractivity contribution in [3.05, 3.63) is 41.8 Å². The normalized spacial score (nSPS) is 39.2. The van der Waals surface area contributed by atoms with Crippen molar-refractivity contribution in [1.82, 2.24) is 25.1 Å². The summed E-state index contributed by atoms with van der Waals surface area (Å²) in [5.41, 5.74) is 1.09. The zero-order valence-corrected chi connectivity index (χ0v) is 43.1. The number of esters is 1. The number of nitrogens with zero attached hydrogens (tertiary/aromatic N) is 5. The van der Waals surface area contributed by atoms with Crippen molar-refractivity contribution in [3.8, 4) is 0 Å². The first-order chi connectivity index (χ1) is 33.2. The summed E-state index contributed by atoms with van der Waals surface area (Å²) in [6.07, 6.45) is 8.65. The van der Waals surface area contributed by atoms with Crippen LogP contribution in [0.1, 0.15) is 138 Å². The fourth-order valence-electron chi connectivity index (χ4n) is 11.0. The summed E-state index contributed by atoms with van der Waals surface area (Å²) in [5, 5.41) is 46.2. The van der Waals surface area contributed by atoms with Crippen LogP contribution >= 0.6 is 0 Å². The van der Waals surface area contributed by atoms with E-state index < -0.39 is 83.9 Å². The second kappa shape index (κ2) is 26.1. The van der Waals surface area contributed by atoms with E-state index in [1.165, 1.54) is 19.1 Å².